The van der Waals surface area contributed by atoms with Crippen LogP contribution in [0.5, 0.6) is 5.75 Å². The number of carboxylic acids is 1. The fraction of sp³-hybridized carbons (Fsp3) is 0.316. The highest BCUT2D eigenvalue weighted by Gasteiger charge is 2.24. The van der Waals surface area contributed by atoms with E-state index >= 15 is 0 Å². The molecular formula is C19H21ClO4S. The van der Waals surface area contributed by atoms with E-state index in [-0.39, 0.29) is 0 Å². The zero-order chi connectivity index (χ0) is 18.1. The lowest BCUT2D eigenvalue weighted by molar-refractivity contribution is -0.136. The number of hydrogen-bond donors (Lipinski definition) is 1. The molecule has 2 aromatic rings. The van der Waals surface area contributed by atoms with Gasteiger partial charge < -0.3 is 9.84 Å². The largest absolute Gasteiger partial charge is 0.494 e. The number of halogens is 1. The van der Waals surface area contributed by atoms with Gasteiger partial charge in [0.15, 0.2) is 0 Å². The van der Waals surface area contributed by atoms with E-state index in [0.717, 1.165) is 5.56 Å². The molecule has 134 valence electrons. The molecule has 0 aliphatic carbocycles. The summed E-state index contributed by atoms with van der Waals surface area (Å²) in [5.74, 6) is -0.0128. The van der Waals surface area contributed by atoms with Crippen LogP contribution >= 0.6 is 11.6 Å². The van der Waals surface area contributed by atoms with Gasteiger partial charge >= 0.3 is 5.97 Å². The maximum Gasteiger partial charge on any atom is 0.319 e. The van der Waals surface area contributed by atoms with Gasteiger partial charge in [0, 0.05) is 21.6 Å². The van der Waals surface area contributed by atoms with Crippen LogP contribution in [0.4, 0.5) is 0 Å². The quantitative estimate of drug-likeness (QED) is 0.634. The number of carbonyl (C=O) groups is 1. The summed E-state index contributed by atoms with van der Waals surface area (Å²) < 4.78 is 17.9. The summed E-state index contributed by atoms with van der Waals surface area (Å²) in [7, 11) is -1.42. The molecule has 2 unspecified atom stereocenters. The standard InChI is InChI=1S/C19H21ClO4S/c20-16-8-10-17(11-9-16)24-13-4-14-25(23)18(19(21)22)12-7-15-5-2-1-3-6-15/h1-3,5-6,8-11,18H,4,7,12-14H2,(H,21,22). The van der Waals surface area contributed by atoms with E-state index in [1.165, 1.54) is 0 Å². The Hall–Kier alpha value is -1.85. The Balaban J connectivity index is 1.75. The second-order valence-electron chi connectivity index (χ2n) is 5.59. The van der Waals surface area contributed by atoms with Crippen LogP contribution in [0.15, 0.2) is 54.6 Å². The lowest BCUT2D eigenvalue weighted by Gasteiger charge is -2.12. The van der Waals surface area contributed by atoms with Crippen molar-refractivity contribution in [1.29, 1.82) is 0 Å². The van der Waals surface area contributed by atoms with Gasteiger partial charge in [-0.1, -0.05) is 41.9 Å². The Labute approximate surface area is 155 Å². The fourth-order valence-electron chi connectivity index (χ4n) is 2.37. The molecule has 0 saturated heterocycles. The van der Waals surface area contributed by atoms with E-state index in [1.807, 2.05) is 30.3 Å². The highest BCUT2D eigenvalue weighted by atomic mass is 35.5. The summed E-state index contributed by atoms with van der Waals surface area (Å²) in [5.41, 5.74) is 1.05. The van der Waals surface area contributed by atoms with Crippen LogP contribution in [0.2, 0.25) is 5.02 Å². The molecule has 0 aliphatic rings. The van der Waals surface area contributed by atoms with Gasteiger partial charge in [0.25, 0.3) is 0 Å². The minimum Gasteiger partial charge on any atom is -0.494 e. The first-order valence-electron chi connectivity index (χ1n) is 8.08. The first-order valence-corrected chi connectivity index (χ1v) is 9.84. The number of hydrogen-bond acceptors (Lipinski definition) is 3. The van der Waals surface area contributed by atoms with Crippen molar-refractivity contribution in [3.05, 3.63) is 65.2 Å². The van der Waals surface area contributed by atoms with Crippen LogP contribution < -0.4 is 4.74 Å². The number of carboxylic acid groups (broad SMARTS) is 1. The third-order valence-electron chi connectivity index (χ3n) is 3.70. The second kappa shape index (κ2) is 10.2. The first-order chi connectivity index (χ1) is 12.1. The SMILES string of the molecule is O=C(O)C(CCc1ccccc1)S(=O)CCCOc1ccc(Cl)cc1. The average Bonchev–Trinajstić information content (AvgIpc) is 2.61. The van der Waals surface area contributed by atoms with Gasteiger partial charge in [-0.15, -0.1) is 0 Å². The molecule has 0 saturated carbocycles. The van der Waals surface area contributed by atoms with Gasteiger partial charge in [0.2, 0.25) is 0 Å². The zero-order valence-corrected chi connectivity index (χ0v) is 15.3. The molecule has 0 aliphatic heterocycles. The summed E-state index contributed by atoms with van der Waals surface area (Å²) in [6, 6.07) is 16.6. The van der Waals surface area contributed by atoms with E-state index in [4.69, 9.17) is 16.3 Å². The van der Waals surface area contributed by atoms with Crippen molar-refractivity contribution in [2.24, 2.45) is 0 Å². The summed E-state index contributed by atoms with van der Waals surface area (Å²) >= 11 is 5.80. The Morgan fingerprint density at radius 1 is 1.12 bits per heavy atom. The molecule has 0 amide bonds. The van der Waals surface area contributed by atoms with Gasteiger partial charge in [-0.25, -0.2) is 0 Å². The van der Waals surface area contributed by atoms with E-state index < -0.39 is 22.0 Å². The van der Waals surface area contributed by atoms with Gasteiger partial charge in [-0.2, -0.15) is 0 Å². The third kappa shape index (κ3) is 6.88. The predicted octanol–water partition coefficient (Wildman–Crippen LogP) is 3.94. The van der Waals surface area contributed by atoms with Crippen molar-refractivity contribution in [3.63, 3.8) is 0 Å². The Morgan fingerprint density at radius 2 is 1.80 bits per heavy atom. The van der Waals surface area contributed by atoms with Gasteiger partial charge in [0.05, 0.1) is 6.61 Å². The van der Waals surface area contributed by atoms with Crippen LogP contribution in [0.3, 0.4) is 0 Å². The van der Waals surface area contributed by atoms with E-state index in [2.05, 4.69) is 0 Å². The molecule has 0 bridgehead atoms. The molecule has 0 radical (unpaired) electrons. The average molecular weight is 381 g/mol. The molecule has 2 aromatic carbocycles. The van der Waals surface area contributed by atoms with Gasteiger partial charge in [0.1, 0.15) is 11.0 Å². The number of aryl methyl sites for hydroxylation is 1. The van der Waals surface area contributed by atoms with Crippen LogP contribution in [-0.2, 0) is 22.0 Å². The molecule has 4 nitrogen and oxygen atoms in total. The van der Waals surface area contributed by atoms with Crippen molar-refractivity contribution < 1.29 is 18.8 Å². The smallest absolute Gasteiger partial charge is 0.319 e. The van der Waals surface area contributed by atoms with Gasteiger partial charge in [-0.05, 0) is 49.1 Å². The second-order valence-corrected chi connectivity index (χ2v) is 7.77. The number of ether oxygens (including phenoxy) is 1. The highest BCUT2D eigenvalue weighted by Crippen LogP contribution is 2.16. The fourth-order valence-corrected chi connectivity index (χ4v) is 3.79. The lowest BCUT2D eigenvalue weighted by atomic mass is 10.1. The van der Waals surface area contributed by atoms with E-state index in [9.17, 15) is 14.1 Å². The molecule has 0 fully saturated rings. The van der Waals surface area contributed by atoms with Crippen LogP contribution in [0, 0.1) is 0 Å². The Kier molecular flexibility index (Phi) is 7.95. The first kappa shape index (κ1) is 19.5. The molecule has 6 heteroatoms. The van der Waals surface area contributed by atoms with Crippen molar-refractivity contribution in [2.45, 2.75) is 24.5 Å². The third-order valence-corrected chi connectivity index (χ3v) is 5.72. The van der Waals surface area contributed by atoms with Crippen molar-refractivity contribution in [3.8, 4) is 5.75 Å². The molecule has 2 rings (SSSR count). The van der Waals surface area contributed by atoms with Crippen molar-refractivity contribution in [1.82, 2.24) is 0 Å². The summed E-state index contributed by atoms with van der Waals surface area (Å²) in [6.45, 7) is 0.387. The van der Waals surface area contributed by atoms with Crippen molar-refractivity contribution >= 4 is 28.4 Å². The molecule has 0 spiro atoms. The van der Waals surface area contributed by atoms with E-state index in [1.54, 1.807) is 24.3 Å². The number of benzene rings is 2. The molecule has 1 N–H and O–H groups in total. The van der Waals surface area contributed by atoms with Crippen LogP contribution in [0.1, 0.15) is 18.4 Å². The maximum atomic E-state index is 12.3. The normalized spacial score (nSPS) is 13.2. The molecular weight excluding hydrogens is 360 g/mol. The van der Waals surface area contributed by atoms with Crippen LogP contribution in [-0.4, -0.2) is 32.9 Å². The zero-order valence-electron chi connectivity index (χ0n) is 13.8. The number of rotatable bonds is 10. The van der Waals surface area contributed by atoms with Crippen molar-refractivity contribution in [2.75, 3.05) is 12.4 Å². The Morgan fingerprint density at radius 3 is 2.44 bits per heavy atom. The number of aliphatic carboxylic acids is 1. The summed E-state index contributed by atoms with van der Waals surface area (Å²) in [4.78, 5) is 11.4. The molecule has 2 atom stereocenters. The summed E-state index contributed by atoms with van der Waals surface area (Å²) in [6.07, 6.45) is 1.50. The van der Waals surface area contributed by atoms with Crippen LogP contribution in [0.25, 0.3) is 0 Å². The molecule has 0 heterocycles. The Bertz CT molecular complexity index is 688. The highest BCUT2D eigenvalue weighted by molar-refractivity contribution is 7.86. The molecule has 25 heavy (non-hydrogen) atoms. The predicted molar refractivity (Wildman–Crippen MR) is 101 cm³/mol. The topological polar surface area (TPSA) is 63.6 Å². The van der Waals surface area contributed by atoms with E-state index in [0.29, 0.717) is 42.4 Å². The minimum absolute atomic E-state index is 0.305. The monoisotopic (exact) mass is 380 g/mol. The maximum absolute atomic E-state index is 12.3. The summed E-state index contributed by atoms with van der Waals surface area (Å²) in [5, 5.41) is 9.13. The lowest BCUT2D eigenvalue weighted by Crippen LogP contribution is -2.28. The van der Waals surface area contributed by atoms with Gasteiger partial charge in [-0.3, -0.25) is 9.00 Å². The molecule has 0 aromatic heterocycles. The minimum atomic E-state index is -1.42.